The highest BCUT2D eigenvalue weighted by Crippen LogP contribution is 2.42. The number of benzene rings is 1. The van der Waals surface area contributed by atoms with Crippen LogP contribution in [0, 0.1) is 0 Å². The lowest BCUT2D eigenvalue weighted by molar-refractivity contribution is 0.00315. The van der Waals surface area contributed by atoms with Crippen molar-refractivity contribution in [2.75, 3.05) is 4.90 Å². The quantitative estimate of drug-likeness (QED) is 0.693. The number of esters is 1. The lowest BCUT2D eigenvalue weighted by atomic mass is 9.78. The van der Waals surface area contributed by atoms with E-state index < -0.39 is 11.1 Å². The van der Waals surface area contributed by atoms with Gasteiger partial charge in [0.15, 0.2) is 0 Å². The van der Waals surface area contributed by atoms with Gasteiger partial charge in [-0.25, -0.2) is 4.79 Å². The normalized spacial score (nSPS) is 19.0. The van der Waals surface area contributed by atoms with Crippen molar-refractivity contribution in [3.63, 3.8) is 0 Å². The minimum atomic E-state index is -0.391. The third-order valence-electron chi connectivity index (χ3n) is 4.72. The van der Waals surface area contributed by atoms with E-state index in [1.165, 1.54) is 0 Å². The van der Waals surface area contributed by atoms with Gasteiger partial charge in [0.05, 0.1) is 5.56 Å². The molecule has 0 radical (unpaired) electrons. The van der Waals surface area contributed by atoms with Gasteiger partial charge >= 0.3 is 5.97 Å². The summed E-state index contributed by atoms with van der Waals surface area (Å²) in [4.78, 5) is 26.9. The molecule has 2 heterocycles. The summed E-state index contributed by atoms with van der Waals surface area (Å²) in [6.07, 6.45) is 1.01. The number of hydrogen-bond donors (Lipinski definition) is 0. The van der Waals surface area contributed by atoms with E-state index in [1.807, 2.05) is 18.2 Å². The van der Waals surface area contributed by atoms with Crippen LogP contribution in [-0.4, -0.2) is 38.1 Å². The molecule has 2 aromatic rings. The van der Waals surface area contributed by atoms with E-state index in [0.29, 0.717) is 24.4 Å². The number of ether oxygens (including phenoxy) is 1. The molecule has 1 aliphatic heterocycles. The van der Waals surface area contributed by atoms with E-state index >= 15 is 0 Å². The summed E-state index contributed by atoms with van der Waals surface area (Å²) in [6, 6.07) is 9.01. The van der Waals surface area contributed by atoms with Gasteiger partial charge < -0.3 is 9.64 Å². The number of piperidine rings is 1. The van der Waals surface area contributed by atoms with Gasteiger partial charge in [0.1, 0.15) is 6.10 Å². The molecule has 0 unspecified atom stereocenters. The number of halogens is 2. The largest absolute Gasteiger partial charge is 0.459 e. The fraction of sp³-hybridized carbons (Fsp3) is 0.474. The summed E-state index contributed by atoms with van der Waals surface area (Å²) in [5.74, 6) is 0.106. The van der Waals surface area contributed by atoms with Crippen molar-refractivity contribution < 1.29 is 9.53 Å². The number of rotatable bonds is 3. The van der Waals surface area contributed by atoms with Crippen molar-refractivity contribution >= 4 is 35.1 Å². The standard InChI is InChI=1S/C19H22Cl2N4O2/c1-18(2)10-13(27-14(26)12-8-6-5-7-9-12)11-19(3,4)25(18)17-23-15(20)22-16(21)24-17/h5-9,13H,10-11H2,1-4H3. The van der Waals surface area contributed by atoms with Crippen LogP contribution in [0.3, 0.4) is 0 Å². The summed E-state index contributed by atoms with van der Waals surface area (Å²) in [6.45, 7) is 8.23. The molecule has 0 bridgehead atoms. The average molecular weight is 409 g/mol. The molecule has 0 atom stereocenters. The Labute approximate surface area is 168 Å². The van der Waals surface area contributed by atoms with Gasteiger partial charge in [-0.2, -0.15) is 15.0 Å². The maximum Gasteiger partial charge on any atom is 0.338 e. The van der Waals surface area contributed by atoms with E-state index in [1.54, 1.807) is 12.1 Å². The van der Waals surface area contributed by atoms with E-state index in [9.17, 15) is 4.79 Å². The lowest BCUT2D eigenvalue weighted by Gasteiger charge is -2.54. The van der Waals surface area contributed by atoms with Gasteiger partial charge in [0, 0.05) is 23.9 Å². The van der Waals surface area contributed by atoms with Crippen molar-refractivity contribution in [3.05, 3.63) is 46.5 Å². The zero-order chi connectivity index (χ0) is 19.8. The second-order valence-electron chi connectivity index (χ2n) is 7.94. The minimum absolute atomic E-state index is 0.0502. The third-order valence-corrected chi connectivity index (χ3v) is 5.06. The number of nitrogens with zero attached hydrogens (tertiary/aromatic N) is 4. The first-order chi connectivity index (χ1) is 12.6. The predicted octanol–water partition coefficient (Wildman–Crippen LogP) is 4.56. The van der Waals surface area contributed by atoms with Gasteiger partial charge in [0.2, 0.25) is 16.5 Å². The smallest absolute Gasteiger partial charge is 0.338 e. The number of carbonyl (C=O) groups is 1. The molecule has 1 fully saturated rings. The highest BCUT2D eigenvalue weighted by atomic mass is 35.5. The van der Waals surface area contributed by atoms with Crippen LogP contribution < -0.4 is 4.90 Å². The average Bonchev–Trinajstić information content (AvgIpc) is 2.52. The van der Waals surface area contributed by atoms with Gasteiger partial charge in [-0.3, -0.25) is 0 Å². The van der Waals surface area contributed by atoms with Crippen LogP contribution in [0.15, 0.2) is 30.3 Å². The molecule has 0 saturated carbocycles. The molecule has 144 valence electrons. The topological polar surface area (TPSA) is 68.2 Å². The van der Waals surface area contributed by atoms with Gasteiger partial charge in [-0.05, 0) is 63.0 Å². The molecule has 27 heavy (non-hydrogen) atoms. The van der Waals surface area contributed by atoms with Crippen LogP contribution in [-0.2, 0) is 4.74 Å². The molecule has 0 N–H and O–H groups in total. The molecular formula is C19H22Cl2N4O2. The van der Waals surface area contributed by atoms with Crippen molar-refractivity contribution in [2.24, 2.45) is 0 Å². The molecular weight excluding hydrogens is 387 g/mol. The van der Waals surface area contributed by atoms with Gasteiger partial charge in [-0.15, -0.1) is 0 Å². The Balaban J connectivity index is 1.85. The van der Waals surface area contributed by atoms with E-state index in [2.05, 4.69) is 47.5 Å². The molecule has 1 aromatic heterocycles. The van der Waals surface area contributed by atoms with Crippen LogP contribution in [0.2, 0.25) is 10.6 Å². The van der Waals surface area contributed by atoms with E-state index in [4.69, 9.17) is 27.9 Å². The number of anilines is 1. The van der Waals surface area contributed by atoms with Crippen molar-refractivity contribution in [1.29, 1.82) is 0 Å². The van der Waals surface area contributed by atoms with Crippen molar-refractivity contribution in [3.8, 4) is 0 Å². The summed E-state index contributed by atoms with van der Waals surface area (Å²) < 4.78 is 5.81. The van der Waals surface area contributed by atoms with Crippen molar-refractivity contribution in [1.82, 2.24) is 15.0 Å². The van der Waals surface area contributed by atoms with Crippen LogP contribution >= 0.6 is 23.2 Å². The molecule has 1 aromatic carbocycles. The first kappa shape index (κ1) is 19.8. The Bertz CT molecular complexity index is 805. The molecule has 1 aliphatic rings. The van der Waals surface area contributed by atoms with E-state index in [0.717, 1.165) is 0 Å². The Hall–Kier alpha value is -1.92. The third kappa shape index (κ3) is 4.33. The zero-order valence-electron chi connectivity index (χ0n) is 15.7. The molecule has 3 rings (SSSR count). The zero-order valence-corrected chi connectivity index (χ0v) is 17.3. The molecule has 6 nitrogen and oxygen atoms in total. The Morgan fingerprint density at radius 2 is 1.52 bits per heavy atom. The second kappa shape index (κ2) is 7.24. The number of aromatic nitrogens is 3. The molecule has 0 spiro atoms. The molecule has 1 saturated heterocycles. The summed E-state index contributed by atoms with van der Waals surface area (Å²) in [7, 11) is 0. The predicted molar refractivity (Wildman–Crippen MR) is 105 cm³/mol. The number of hydrogen-bond acceptors (Lipinski definition) is 6. The van der Waals surface area contributed by atoms with Crippen LogP contribution in [0.5, 0.6) is 0 Å². The minimum Gasteiger partial charge on any atom is -0.459 e. The fourth-order valence-corrected chi connectivity index (χ4v) is 4.38. The Morgan fingerprint density at radius 1 is 1.00 bits per heavy atom. The molecule has 0 amide bonds. The summed E-state index contributed by atoms with van der Waals surface area (Å²) in [5, 5.41) is 0.100. The number of carbonyl (C=O) groups excluding carboxylic acids is 1. The lowest BCUT2D eigenvalue weighted by Crippen LogP contribution is -2.63. The van der Waals surface area contributed by atoms with Crippen LogP contribution in [0.25, 0.3) is 0 Å². The first-order valence-electron chi connectivity index (χ1n) is 8.72. The Morgan fingerprint density at radius 3 is 2.04 bits per heavy atom. The van der Waals surface area contributed by atoms with Crippen molar-refractivity contribution in [2.45, 2.75) is 57.7 Å². The first-order valence-corrected chi connectivity index (χ1v) is 9.47. The summed E-state index contributed by atoms with van der Waals surface area (Å²) in [5.41, 5.74) is -0.235. The van der Waals surface area contributed by atoms with E-state index in [-0.39, 0.29) is 22.6 Å². The maximum absolute atomic E-state index is 12.5. The van der Waals surface area contributed by atoms with Crippen LogP contribution in [0.4, 0.5) is 5.95 Å². The molecule has 8 heteroatoms. The fourth-order valence-electron chi connectivity index (χ4n) is 4.02. The monoisotopic (exact) mass is 408 g/mol. The SMILES string of the molecule is CC1(C)CC(OC(=O)c2ccccc2)CC(C)(C)N1c1nc(Cl)nc(Cl)n1. The Kier molecular flexibility index (Phi) is 5.32. The molecule has 0 aliphatic carbocycles. The highest BCUT2D eigenvalue weighted by Gasteiger charge is 2.48. The van der Waals surface area contributed by atoms with Gasteiger partial charge in [-0.1, -0.05) is 18.2 Å². The summed E-state index contributed by atoms with van der Waals surface area (Å²) >= 11 is 12.0. The maximum atomic E-state index is 12.5. The van der Waals surface area contributed by atoms with Crippen LogP contribution in [0.1, 0.15) is 50.9 Å². The second-order valence-corrected chi connectivity index (χ2v) is 8.61. The highest BCUT2D eigenvalue weighted by molar-refractivity contribution is 6.31. The van der Waals surface area contributed by atoms with Gasteiger partial charge in [0.25, 0.3) is 0 Å².